The molecule has 0 saturated carbocycles. The standard InChI is InChI=1S/C11H15ClN2O/c1-4-5-6-15-11-9(8(2)3)10(12)13-7-14-11/h4,7-8H,1,5-6H2,2-3H3. The predicted molar refractivity (Wildman–Crippen MR) is 61.4 cm³/mol. The Hall–Kier alpha value is -1.09. The summed E-state index contributed by atoms with van der Waals surface area (Å²) >= 11 is 5.99. The number of ether oxygens (including phenoxy) is 1. The summed E-state index contributed by atoms with van der Waals surface area (Å²) in [6.45, 7) is 8.26. The molecule has 0 saturated heterocycles. The smallest absolute Gasteiger partial charge is 0.221 e. The molecule has 0 bridgehead atoms. The molecule has 1 rings (SSSR count). The second kappa shape index (κ2) is 5.71. The number of aromatic nitrogens is 2. The summed E-state index contributed by atoms with van der Waals surface area (Å²) < 4.78 is 5.51. The number of nitrogens with zero attached hydrogens (tertiary/aromatic N) is 2. The topological polar surface area (TPSA) is 35.0 Å². The summed E-state index contributed by atoms with van der Waals surface area (Å²) in [4.78, 5) is 8.02. The molecule has 0 aromatic carbocycles. The van der Waals surface area contributed by atoms with E-state index in [1.165, 1.54) is 6.33 Å². The van der Waals surface area contributed by atoms with Crippen molar-refractivity contribution in [1.82, 2.24) is 9.97 Å². The number of hydrogen-bond donors (Lipinski definition) is 0. The fourth-order valence-corrected chi connectivity index (χ4v) is 1.54. The Morgan fingerprint density at radius 1 is 1.53 bits per heavy atom. The van der Waals surface area contributed by atoms with Crippen molar-refractivity contribution in [3.05, 3.63) is 29.7 Å². The van der Waals surface area contributed by atoms with Gasteiger partial charge in [-0.15, -0.1) is 6.58 Å². The highest BCUT2D eigenvalue weighted by atomic mass is 35.5. The fraction of sp³-hybridized carbons (Fsp3) is 0.455. The normalized spacial score (nSPS) is 10.4. The first-order valence-corrected chi connectivity index (χ1v) is 5.28. The molecular formula is C11H15ClN2O. The summed E-state index contributed by atoms with van der Waals surface area (Å²) in [7, 11) is 0. The van der Waals surface area contributed by atoms with Gasteiger partial charge in [0, 0.05) is 0 Å². The van der Waals surface area contributed by atoms with Crippen LogP contribution in [0.2, 0.25) is 5.15 Å². The molecule has 3 nitrogen and oxygen atoms in total. The van der Waals surface area contributed by atoms with E-state index < -0.39 is 0 Å². The molecule has 0 radical (unpaired) electrons. The van der Waals surface area contributed by atoms with Gasteiger partial charge in [0.25, 0.3) is 0 Å². The minimum absolute atomic E-state index is 0.248. The summed E-state index contributed by atoms with van der Waals surface area (Å²) in [5, 5.41) is 0.466. The van der Waals surface area contributed by atoms with E-state index in [9.17, 15) is 0 Å². The van der Waals surface area contributed by atoms with Gasteiger partial charge in [-0.05, 0) is 12.3 Å². The molecule has 82 valence electrons. The SMILES string of the molecule is C=CCCOc1ncnc(Cl)c1C(C)C. The van der Waals surface area contributed by atoms with Gasteiger partial charge < -0.3 is 4.74 Å². The first-order valence-electron chi connectivity index (χ1n) is 4.91. The van der Waals surface area contributed by atoms with Crippen LogP contribution in [0.4, 0.5) is 0 Å². The van der Waals surface area contributed by atoms with Crippen LogP contribution in [-0.2, 0) is 0 Å². The van der Waals surface area contributed by atoms with E-state index in [4.69, 9.17) is 16.3 Å². The molecule has 0 aliphatic rings. The Kier molecular flexibility index (Phi) is 4.56. The van der Waals surface area contributed by atoms with Crippen molar-refractivity contribution in [2.24, 2.45) is 0 Å². The van der Waals surface area contributed by atoms with Crippen LogP contribution in [0.5, 0.6) is 5.88 Å². The van der Waals surface area contributed by atoms with Crippen molar-refractivity contribution in [3.63, 3.8) is 0 Å². The molecule has 0 aliphatic carbocycles. The van der Waals surface area contributed by atoms with Crippen LogP contribution in [0.25, 0.3) is 0 Å². The molecule has 15 heavy (non-hydrogen) atoms. The molecule has 4 heteroatoms. The maximum absolute atomic E-state index is 5.99. The Morgan fingerprint density at radius 3 is 2.87 bits per heavy atom. The van der Waals surface area contributed by atoms with Gasteiger partial charge in [-0.2, -0.15) is 0 Å². The van der Waals surface area contributed by atoms with E-state index in [0.29, 0.717) is 17.6 Å². The third-order valence-electron chi connectivity index (χ3n) is 1.94. The van der Waals surface area contributed by atoms with Crippen LogP contribution >= 0.6 is 11.6 Å². The Bertz CT molecular complexity index is 339. The Balaban J connectivity index is 2.85. The van der Waals surface area contributed by atoms with Crippen LogP contribution in [0.3, 0.4) is 0 Å². The molecule has 0 fully saturated rings. The lowest BCUT2D eigenvalue weighted by Gasteiger charge is -2.12. The second-order valence-corrected chi connectivity index (χ2v) is 3.82. The molecule has 1 aromatic rings. The maximum Gasteiger partial charge on any atom is 0.221 e. The Morgan fingerprint density at radius 2 is 2.27 bits per heavy atom. The quantitative estimate of drug-likeness (QED) is 0.439. The van der Waals surface area contributed by atoms with Crippen molar-refractivity contribution < 1.29 is 4.74 Å². The first kappa shape index (κ1) is 12.0. The zero-order valence-electron chi connectivity index (χ0n) is 9.03. The van der Waals surface area contributed by atoms with Gasteiger partial charge in [-0.1, -0.05) is 31.5 Å². The largest absolute Gasteiger partial charge is 0.477 e. The van der Waals surface area contributed by atoms with E-state index in [2.05, 4.69) is 16.5 Å². The third kappa shape index (κ3) is 3.20. The highest BCUT2D eigenvalue weighted by Crippen LogP contribution is 2.29. The second-order valence-electron chi connectivity index (χ2n) is 3.46. The van der Waals surface area contributed by atoms with E-state index >= 15 is 0 Å². The van der Waals surface area contributed by atoms with Crippen molar-refractivity contribution in [3.8, 4) is 5.88 Å². The van der Waals surface area contributed by atoms with Crippen molar-refractivity contribution in [2.45, 2.75) is 26.2 Å². The number of hydrogen-bond acceptors (Lipinski definition) is 3. The van der Waals surface area contributed by atoms with Crippen LogP contribution in [0.1, 0.15) is 31.7 Å². The monoisotopic (exact) mass is 226 g/mol. The maximum atomic E-state index is 5.99. The molecule has 0 aliphatic heterocycles. The summed E-state index contributed by atoms with van der Waals surface area (Å²) in [5.74, 6) is 0.823. The molecule has 0 amide bonds. The lowest BCUT2D eigenvalue weighted by molar-refractivity contribution is 0.306. The first-order chi connectivity index (χ1) is 7.16. The van der Waals surface area contributed by atoms with E-state index in [0.717, 1.165) is 12.0 Å². The van der Waals surface area contributed by atoms with E-state index in [1.807, 2.05) is 13.8 Å². The van der Waals surface area contributed by atoms with Gasteiger partial charge in [0.15, 0.2) is 0 Å². The van der Waals surface area contributed by atoms with Gasteiger partial charge in [0.05, 0.1) is 12.2 Å². The molecular weight excluding hydrogens is 212 g/mol. The van der Waals surface area contributed by atoms with E-state index in [-0.39, 0.29) is 5.92 Å². The minimum atomic E-state index is 0.248. The zero-order valence-corrected chi connectivity index (χ0v) is 9.79. The van der Waals surface area contributed by atoms with Gasteiger partial charge in [0.2, 0.25) is 5.88 Å². The van der Waals surface area contributed by atoms with Crippen LogP contribution < -0.4 is 4.74 Å². The molecule has 0 spiro atoms. The summed E-state index contributed by atoms with van der Waals surface area (Å²) in [6, 6.07) is 0. The van der Waals surface area contributed by atoms with E-state index in [1.54, 1.807) is 6.08 Å². The molecule has 0 atom stereocenters. The average Bonchev–Trinajstić information content (AvgIpc) is 2.17. The molecule has 0 unspecified atom stereocenters. The summed E-state index contributed by atoms with van der Waals surface area (Å²) in [5.41, 5.74) is 0.864. The van der Waals surface area contributed by atoms with Gasteiger partial charge >= 0.3 is 0 Å². The van der Waals surface area contributed by atoms with Crippen LogP contribution in [-0.4, -0.2) is 16.6 Å². The fourth-order valence-electron chi connectivity index (χ4n) is 1.20. The lowest BCUT2D eigenvalue weighted by atomic mass is 10.1. The highest BCUT2D eigenvalue weighted by Gasteiger charge is 2.14. The zero-order chi connectivity index (χ0) is 11.3. The number of halogens is 1. The van der Waals surface area contributed by atoms with Crippen LogP contribution in [0, 0.1) is 0 Å². The lowest BCUT2D eigenvalue weighted by Crippen LogP contribution is -2.04. The van der Waals surface area contributed by atoms with Crippen molar-refractivity contribution in [2.75, 3.05) is 6.61 Å². The molecule has 1 aromatic heterocycles. The summed E-state index contributed by atoms with van der Waals surface area (Å²) in [6.07, 6.45) is 4.01. The average molecular weight is 227 g/mol. The predicted octanol–water partition coefficient (Wildman–Crippen LogP) is 3.21. The van der Waals surface area contributed by atoms with Crippen molar-refractivity contribution in [1.29, 1.82) is 0 Å². The number of rotatable bonds is 5. The molecule has 1 heterocycles. The van der Waals surface area contributed by atoms with Crippen molar-refractivity contribution >= 4 is 11.6 Å². The third-order valence-corrected chi connectivity index (χ3v) is 2.24. The van der Waals surface area contributed by atoms with Gasteiger partial charge in [0.1, 0.15) is 11.5 Å². The highest BCUT2D eigenvalue weighted by molar-refractivity contribution is 6.30. The molecule has 0 N–H and O–H groups in total. The van der Waals surface area contributed by atoms with Gasteiger partial charge in [-0.3, -0.25) is 0 Å². The minimum Gasteiger partial charge on any atom is -0.477 e. The van der Waals surface area contributed by atoms with Gasteiger partial charge in [-0.25, -0.2) is 9.97 Å². The Labute approximate surface area is 95.2 Å². The van der Waals surface area contributed by atoms with Crippen LogP contribution in [0.15, 0.2) is 19.0 Å².